The average Bonchev–Trinajstić information content (AvgIpc) is 3.53. The molecule has 3 aromatic heterocycles. The normalized spacial score (nSPS) is 11.1. The lowest BCUT2D eigenvalue weighted by Crippen LogP contribution is -2.11. The topological polar surface area (TPSA) is 97.7 Å². The van der Waals surface area contributed by atoms with Crippen molar-refractivity contribution >= 4 is 33.4 Å². The van der Waals surface area contributed by atoms with Gasteiger partial charge in [0, 0.05) is 5.39 Å². The molecule has 0 saturated carbocycles. The number of hydrogen-bond donors (Lipinski definition) is 2. The highest BCUT2D eigenvalue weighted by atomic mass is 32.1. The van der Waals surface area contributed by atoms with E-state index in [0.717, 1.165) is 27.0 Å². The number of fused-ring (bicyclic) bond motifs is 1. The Morgan fingerprint density at radius 2 is 2.00 bits per heavy atom. The summed E-state index contributed by atoms with van der Waals surface area (Å²) in [5, 5.41) is 15.1. The zero-order valence-electron chi connectivity index (χ0n) is 17.8. The average molecular weight is 463 g/mol. The predicted octanol–water partition coefficient (Wildman–Crippen LogP) is 4.64. The maximum absolute atomic E-state index is 13.2. The summed E-state index contributed by atoms with van der Waals surface area (Å²) in [6, 6.07) is 15.5. The third-order valence-corrected chi connectivity index (χ3v) is 6.30. The Hall–Kier alpha value is -4.05. The minimum absolute atomic E-state index is 0.169. The summed E-state index contributed by atoms with van der Waals surface area (Å²) in [6.07, 6.45) is 0. The fraction of sp³-hybridized carbons (Fsp3) is 0.130. The molecule has 5 rings (SSSR count). The molecule has 3 heterocycles. The first-order valence-corrected chi connectivity index (χ1v) is 10.9. The van der Waals surface area contributed by atoms with Crippen molar-refractivity contribution in [2.75, 3.05) is 12.4 Å². The first-order valence-electron chi connectivity index (χ1n) is 10.1. The van der Waals surface area contributed by atoms with Crippen molar-refractivity contribution in [3.05, 3.63) is 76.5 Å². The van der Waals surface area contributed by atoms with E-state index in [1.165, 1.54) is 23.5 Å². The first kappa shape index (κ1) is 20.8. The van der Waals surface area contributed by atoms with Gasteiger partial charge in [0.15, 0.2) is 5.82 Å². The highest BCUT2D eigenvalue weighted by Gasteiger charge is 2.18. The van der Waals surface area contributed by atoms with Crippen molar-refractivity contribution in [3.63, 3.8) is 0 Å². The van der Waals surface area contributed by atoms with Gasteiger partial charge < -0.3 is 4.74 Å². The summed E-state index contributed by atoms with van der Waals surface area (Å²) >= 11 is 1.33. The number of hydrogen-bond acceptors (Lipinski definition) is 6. The van der Waals surface area contributed by atoms with Gasteiger partial charge in [0.25, 0.3) is 5.91 Å². The standard InChI is InChI=1S/C23H19FN6O2S/c1-13-17-11-19(33-22(17)30(29-13)12-14-7-9-15(24)10-8-14)21(31)26-23-25-20(27-28-23)16-5-3-4-6-18(16)32-2/h3-11H,12H2,1-2H3,(H2,25,26,27,28,31). The van der Waals surface area contributed by atoms with Gasteiger partial charge >= 0.3 is 0 Å². The second-order valence-corrected chi connectivity index (χ2v) is 8.39. The van der Waals surface area contributed by atoms with Gasteiger partial charge in [-0.2, -0.15) is 10.1 Å². The van der Waals surface area contributed by atoms with Gasteiger partial charge in [-0.15, -0.1) is 16.4 Å². The molecule has 10 heteroatoms. The number of nitrogens with zero attached hydrogens (tertiary/aromatic N) is 4. The monoisotopic (exact) mass is 462 g/mol. The number of aromatic nitrogens is 5. The molecule has 0 aliphatic carbocycles. The van der Waals surface area contributed by atoms with Crippen molar-refractivity contribution in [2.45, 2.75) is 13.5 Å². The highest BCUT2D eigenvalue weighted by molar-refractivity contribution is 7.20. The minimum Gasteiger partial charge on any atom is -0.496 e. The molecule has 0 radical (unpaired) electrons. The number of thiophene rings is 1. The second-order valence-electron chi connectivity index (χ2n) is 7.36. The summed E-state index contributed by atoms with van der Waals surface area (Å²) in [6.45, 7) is 2.38. The lowest BCUT2D eigenvalue weighted by molar-refractivity contribution is 0.102. The molecule has 0 atom stereocenters. The molecule has 33 heavy (non-hydrogen) atoms. The third-order valence-electron chi connectivity index (χ3n) is 5.15. The van der Waals surface area contributed by atoms with Crippen molar-refractivity contribution in [1.82, 2.24) is 25.0 Å². The maximum Gasteiger partial charge on any atom is 0.268 e. The van der Waals surface area contributed by atoms with Crippen LogP contribution in [0.15, 0.2) is 54.6 Å². The molecule has 8 nitrogen and oxygen atoms in total. The first-order chi connectivity index (χ1) is 16.0. The number of aryl methyl sites for hydroxylation is 1. The van der Waals surface area contributed by atoms with E-state index in [4.69, 9.17) is 4.74 Å². The number of carbonyl (C=O) groups is 1. The zero-order valence-corrected chi connectivity index (χ0v) is 18.6. The largest absolute Gasteiger partial charge is 0.496 e. The Kier molecular flexibility index (Phi) is 5.35. The molecule has 5 aromatic rings. The van der Waals surface area contributed by atoms with Crippen molar-refractivity contribution in [2.24, 2.45) is 0 Å². The van der Waals surface area contributed by atoms with Crippen LogP contribution in [0.5, 0.6) is 5.75 Å². The van der Waals surface area contributed by atoms with Gasteiger partial charge in [-0.3, -0.25) is 19.9 Å². The molecule has 0 saturated heterocycles. The molecular weight excluding hydrogens is 443 g/mol. The van der Waals surface area contributed by atoms with Crippen LogP contribution in [0.3, 0.4) is 0 Å². The quantitative estimate of drug-likeness (QED) is 0.383. The van der Waals surface area contributed by atoms with Crippen LogP contribution in [0.2, 0.25) is 0 Å². The minimum atomic E-state index is -0.311. The van der Waals surface area contributed by atoms with Crippen LogP contribution in [0.1, 0.15) is 20.9 Å². The van der Waals surface area contributed by atoms with Crippen LogP contribution in [-0.2, 0) is 6.54 Å². The van der Waals surface area contributed by atoms with E-state index in [1.54, 1.807) is 19.2 Å². The molecule has 0 aliphatic rings. The Labute approximate surface area is 192 Å². The number of benzene rings is 2. The third kappa shape index (κ3) is 4.08. The lowest BCUT2D eigenvalue weighted by atomic mass is 10.2. The predicted molar refractivity (Wildman–Crippen MR) is 124 cm³/mol. The Morgan fingerprint density at radius 1 is 1.21 bits per heavy atom. The molecule has 0 aliphatic heterocycles. The zero-order chi connectivity index (χ0) is 22.9. The summed E-state index contributed by atoms with van der Waals surface area (Å²) in [4.78, 5) is 18.6. The van der Waals surface area contributed by atoms with Gasteiger partial charge in [-0.05, 0) is 42.8 Å². The van der Waals surface area contributed by atoms with E-state index in [0.29, 0.717) is 23.0 Å². The van der Waals surface area contributed by atoms with Crippen LogP contribution < -0.4 is 10.1 Å². The number of methoxy groups -OCH3 is 1. The molecule has 0 fully saturated rings. The number of nitrogens with one attached hydrogen (secondary N) is 2. The molecule has 2 N–H and O–H groups in total. The number of halogens is 1. The number of anilines is 1. The Bertz CT molecular complexity index is 1450. The van der Waals surface area contributed by atoms with Crippen molar-refractivity contribution in [3.8, 4) is 17.1 Å². The molecular formula is C23H19FN6O2S. The van der Waals surface area contributed by atoms with Crippen molar-refractivity contribution in [1.29, 1.82) is 0 Å². The van der Waals surface area contributed by atoms with Gasteiger partial charge in [0.2, 0.25) is 5.95 Å². The highest BCUT2D eigenvalue weighted by Crippen LogP contribution is 2.30. The van der Waals surface area contributed by atoms with Crippen LogP contribution in [0.4, 0.5) is 10.3 Å². The fourth-order valence-corrected chi connectivity index (χ4v) is 4.59. The molecule has 0 unspecified atom stereocenters. The Morgan fingerprint density at radius 3 is 2.79 bits per heavy atom. The van der Waals surface area contributed by atoms with Gasteiger partial charge in [-0.1, -0.05) is 24.3 Å². The molecule has 166 valence electrons. The molecule has 1 amide bonds. The van der Waals surface area contributed by atoms with Crippen LogP contribution in [0.25, 0.3) is 21.6 Å². The number of amides is 1. The fourth-order valence-electron chi connectivity index (χ4n) is 3.54. The Balaban J connectivity index is 1.37. The number of H-pyrrole nitrogens is 1. The summed E-state index contributed by atoms with van der Waals surface area (Å²) in [7, 11) is 1.58. The van der Waals surface area contributed by atoms with E-state index in [1.807, 2.05) is 41.9 Å². The summed E-state index contributed by atoms with van der Waals surface area (Å²) in [5.74, 6) is 0.719. The molecule has 0 spiro atoms. The van der Waals surface area contributed by atoms with Crippen LogP contribution in [0, 0.1) is 12.7 Å². The van der Waals surface area contributed by atoms with Crippen LogP contribution in [-0.4, -0.2) is 38.0 Å². The SMILES string of the molecule is COc1ccccc1-c1nc(NC(=O)c2cc3c(C)nn(Cc4ccc(F)cc4)c3s2)n[nH]1. The van der Waals surface area contributed by atoms with E-state index in [9.17, 15) is 9.18 Å². The van der Waals surface area contributed by atoms with Crippen molar-refractivity contribution < 1.29 is 13.9 Å². The van der Waals surface area contributed by atoms with E-state index in [-0.39, 0.29) is 17.7 Å². The summed E-state index contributed by atoms with van der Waals surface area (Å²) in [5.41, 5.74) is 2.48. The lowest BCUT2D eigenvalue weighted by Gasteiger charge is -2.04. The van der Waals surface area contributed by atoms with E-state index >= 15 is 0 Å². The number of rotatable bonds is 6. The van der Waals surface area contributed by atoms with Gasteiger partial charge in [0.1, 0.15) is 16.4 Å². The van der Waals surface area contributed by atoms with Gasteiger partial charge in [-0.25, -0.2) is 4.39 Å². The number of ether oxygens (including phenoxy) is 1. The van der Waals surface area contributed by atoms with Gasteiger partial charge in [0.05, 0.1) is 29.8 Å². The second kappa shape index (κ2) is 8.47. The summed E-state index contributed by atoms with van der Waals surface area (Å²) < 4.78 is 20.4. The smallest absolute Gasteiger partial charge is 0.268 e. The van der Waals surface area contributed by atoms with E-state index in [2.05, 4.69) is 25.6 Å². The molecule has 2 aromatic carbocycles. The number of para-hydroxylation sites is 1. The number of aromatic amines is 1. The number of carbonyl (C=O) groups excluding carboxylic acids is 1. The van der Waals surface area contributed by atoms with Crippen LogP contribution >= 0.6 is 11.3 Å². The van der Waals surface area contributed by atoms with E-state index < -0.39 is 0 Å². The molecule has 0 bridgehead atoms. The maximum atomic E-state index is 13.2.